The lowest BCUT2D eigenvalue weighted by molar-refractivity contribution is -0.149. The number of rotatable bonds is 15. The number of thiazole rings is 1. The van der Waals surface area contributed by atoms with E-state index in [1.165, 1.54) is 44.6 Å². The molecule has 0 spiro atoms. The summed E-state index contributed by atoms with van der Waals surface area (Å²) in [6.45, 7) is 9.30. The van der Waals surface area contributed by atoms with Crippen LogP contribution in [0, 0.1) is 23.7 Å². The van der Waals surface area contributed by atoms with Crippen LogP contribution in [0.2, 0.25) is 0 Å². The fourth-order valence-electron chi connectivity index (χ4n) is 6.43. The van der Waals surface area contributed by atoms with Crippen molar-refractivity contribution in [2.24, 2.45) is 23.7 Å². The molecule has 2 amide bonds. The molecular weight excluding hydrogens is 590 g/mol. The molecule has 1 N–H and O–H groups in total. The number of methoxy groups -OCH3 is 1. The molecule has 0 unspecified atom stereocenters. The highest BCUT2D eigenvalue weighted by atomic mass is 32.1. The van der Waals surface area contributed by atoms with Crippen molar-refractivity contribution < 1.29 is 28.7 Å². The first-order chi connectivity index (χ1) is 21.4. The molecule has 0 saturated heterocycles. The Morgan fingerprint density at radius 3 is 2.29 bits per heavy atom. The Bertz CT molecular complexity index is 1260. The van der Waals surface area contributed by atoms with E-state index in [9.17, 15) is 19.2 Å². The largest absolute Gasteiger partial charge is 0.469 e. The molecule has 45 heavy (non-hydrogen) atoms. The average molecular weight is 642 g/mol. The lowest BCUT2D eigenvalue weighted by Crippen LogP contribution is -2.45. The molecule has 1 heterocycles. The summed E-state index contributed by atoms with van der Waals surface area (Å²) in [4.78, 5) is 57.8. The molecule has 1 saturated carbocycles. The van der Waals surface area contributed by atoms with E-state index in [2.05, 4.69) is 24.1 Å². The van der Waals surface area contributed by atoms with Gasteiger partial charge in [0.1, 0.15) is 10.7 Å². The first-order valence-corrected chi connectivity index (χ1v) is 17.1. The summed E-state index contributed by atoms with van der Waals surface area (Å²) in [6.07, 6.45) is 6.35. The Kier molecular flexibility index (Phi) is 14.0. The van der Waals surface area contributed by atoms with Crippen LogP contribution in [0.1, 0.15) is 107 Å². The minimum Gasteiger partial charge on any atom is -0.469 e. The van der Waals surface area contributed by atoms with Gasteiger partial charge in [0.15, 0.2) is 6.10 Å². The van der Waals surface area contributed by atoms with E-state index in [0.717, 1.165) is 18.4 Å². The van der Waals surface area contributed by atoms with Gasteiger partial charge in [0.05, 0.1) is 13.0 Å². The number of ether oxygens (including phenoxy) is 2. The molecule has 2 aromatic rings. The van der Waals surface area contributed by atoms with Crippen molar-refractivity contribution in [2.75, 3.05) is 14.2 Å². The van der Waals surface area contributed by atoms with Gasteiger partial charge >= 0.3 is 11.9 Å². The van der Waals surface area contributed by atoms with Crippen molar-refractivity contribution in [1.82, 2.24) is 15.2 Å². The van der Waals surface area contributed by atoms with Gasteiger partial charge in [0.2, 0.25) is 5.91 Å². The Labute approximate surface area is 272 Å². The van der Waals surface area contributed by atoms with Crippen molar-refractivity contribution >= 4 is 35.1 Å². The van der Waals surface area contributed by atoms with E-state index in [-0.39, 0.29) is 47.4 Å². The summed E-state index contributed by atoms with van der Waals surface area (Å²) in [5, 5.41) is 5.22. The lowest BCUT2D eigenvalue weighted by atomic mass is 9.80. The third-order valence-electron chi connectivity index (χ3n) is 9.06. The lowest BCUT2D eigenvalue weighted by Gasteiger charge is -2.37. The van der Waals surface area contributed by atoms with Crippen molar-refractivity contribution in [1.29, 1.82) is 0 Å². The van der Waals surface area contributed by atoms with Crippen LogP contribution >= 0.6 is 11.3 Å². The minimum absolute atomic E-state index is 0.0652. The summed E-state index contributed by atoms with van der Waals surface area (Å²) >= 11 is 1.26. The molecular formula is C35H51N3O6S. The molecule has 0 radical (unpaired) electrons. The quantitative estimate of drug-likeness (QED) is 0.225. The minimum atomic E-state index is -0.707. The summed E-state index contributed by atoms with van der Waals surface area (Å²) in [6, 6.07) is 9.24. The maximum absolute atomic E-state index is 13.6. The van der Waals surface area contributed by atoms with Crippen LogP contribution in [0.5, 0.6) is 0 Å². The number of benzene rings is 1. The van der Waals surface area contributed by atoms with Gasteiger partial charge in [-0.15, -0.1) is 11.3 Å². The Morgan fingerprint density at radius 1 is 1.02 bits per heavy atom. The maximum atomic E-state index is 13.6. The maximum Gasteiger partial charge on any atom is 0.308 e. The zero-order valence-electron chi connectivity index (χ0n) is 27.9. The number of carbonyl (C=O) groups is 4. The van der Waals surface area contributed by atoms with E-state index < -0.39 is 18.0 Å². The summed E-state index contributed by atoms with van der Waals surface area (Å²) in [7, 11) is 3.20. The van der Waals surface area contributed by atoms with Crippen molar-refractivity contribution in [3.63, 3.8) is 0 Å². The Balaban J connectivity index is 1.77. The van der Waals surface area contributed by atoms with E-state index in [1.807, 2.05) is 49.2 Å². The van der Waals surface area contributed by atoms with E-state index in [0.29, 0.717) is 30.2 Å². The predicted octanol–water partition coefficient (Wildman–Crippen LogP) is 6.38. The highest BCUT2D eigenvalue weighted by molar-refractivity contribution is 7.09. The van der Waals surface area contributed by atoms with Gasteiger partial charge in [0.25, 0.3) is 5.91 Å². The predicted molar refractivity (Wildman–Crippen MR) is 176 cm³/mol. The van der Waals surface area contributed by atoms with Gasteiger partial charge in [-0.2, -0.15) is 0 Å². The standard InChI is InChI=1S/C35H51N3O6S/c1-22(2)30(38(6)34(41)24(4)27-16-12-9-13-17-27)20-31(44-25(5)39)33-37-29(21-45-33)32(40)36-28(18-23(3)35(42)43-7)19-26-14-10-8-11-15-26/h8,10-11,14-15,21-24,27-28,30-31H,9,12-13,16-20H2,1-7H3,(H,36,40)/t23-,24-,28+,30+,31+/m0/s1. The zero-order chi connectivity index (χ0) is 33.1. The smallest absolute Gasteiger partial charge is 0.308 e. The van der Waals surface area contributed by atoms with E-state index in [1.54, 1.807) is 12.3 Å². The summed E-state index contributed by atoms with van der Waals surface area (Å²) < 4.78 is 10.7. The monoisotopic (exact) mass is 641 g/mol. The van der Waals surface area contributed by atoms with Crippen LogP contribution < -0.4 is 5.32 Å². The summed E-state index contributed by atoms with van der Waals surface area (Å²) in [5.41, 5.74) is 1.25. The van der Waals surface area contributed by atoms with Crippen LogP contribution in [0.25, 0.3) is 0 Å². The number of carbonyl (C=O) groups excluding carboxylic acids is 4. The van der Waals surface area contributed by atoms with Crippen LogP contribution in [-0.2, 0) is 30.3 Å². The number of nitrogens with one attached hydrogen (secondary N) is 1. The second-order valence-electron chi connectivity index (χ2n) is 12.9. The SMILES string of the molecule is COC(=O)[C@@H](C)C[C@H](Cc1ccccc1)NC(=O)c1csc([C@@H](C[C@H](C(C)C)N(C)C(=O)[C@@H](C)C2CCCCC2)OC(C)=O)n1. The van der Waals surface area contributed by atoms with Crippen LogP contribution in [0.4, 0.5) is 0 Å². The number of esters is 2. The molecule has 0 bridgehead atoms. The molecule has 1 aliphatic carbocycles. The first kappa shape index (κ1) is 36.2. The van der Waals surface area contributed by atoms with Gasteiger partial charge in [0, 0.05) is 43.8 Å². The molecule has 248 valence electrons. The van der Waals surface area contributed by atoms with Crippen molar-refractivity contribution in [3.8, 4) is 0 Å². The second kappa shape index (κ2) is 17.4. The molecule has 1 aromatic heterocycles. The molecule has 9 nitrogen and oxygen atoms in total. The van der Waals surface area contributed by atoms with Crippen molar-refractivity contribution in [2.45, 2.75) is 104 Å². The zero-order valence-corrected chi connectivity index (χ0v) is 28.7. The molecule has 1 aromatic carbocycles. The summed E-state index contributed by atoms with van der Waals surface area (Å²) in [5.74, 6) is -1.01. The molecule has 3 rings (SSSR count). The first-order valence-electron chi connectivity index (χ1n) is 16.2. The number of aromatic nitrogens is 1. The number of hydrogen-bond donors (Lipinski definition) is 1. The Morgan fingerprint density at radius 2 is 1.69 bits per heavy atom. The number of amides is 2. The third kappa shape index (κ3) is 10.7. The fourth-order valence-corrected chi connectivity index (χ4v) is 7.27. The Hall–Kier alpha value is -3.27. The van der Waals surface area contributed by atoms with Crippen LogP contribution in [-0.4, -0.2) is 59.9 Å². The molecule has 0 aliphatic heterocycles. The van der Waals surface area contributed by atoms with Crippen LogP contribution in [0.3, 0.4) is 0 Å². The van der Waals surface area contributed by atoms with Gasteiger partial charge in [-0.05, 0) is 43.1 Å². The third-order valence-corrected chi connectivity index (χ3v) is 9.99. The van der Waals surface area contributed by atoms with E-state index in [4.69, 9.17) is 9.47 Å². The fraction of sp³-hybridized carbons (Fsp3) is 0.629. The molecule has 1 fully saturated rings. The van der Waals surface area contributed by atoms with Gasteiger partial charge in [-0.1, -0.05) is 77.3 Å². The number of hydrogen-bond acceptors (Lipinski definition) is 8. The van der Waals surface area contributed by atoms with Gasteiger partial charge in [-0.25, -0.2) is 4.98 Å². The van der Waals surface area contributed by atoms with Crippen LogP contribution in [0.15, 0.2) is 35.7 Å². The van der Waals surface area contributed by atoms with Gasteiger partial charge < -0.3 is 19.7 Å². The number of nitrogens with zero attached hydrogens (tertiary/aromatic N) is 2. The van der Waals surface area contributed by atoms with E-state index >= 15 is 0 Å². The second-order valence-corrected chi connectivity index (χ2v) is 13.8. The highest BCUT2D eigenvalue weighted by Crippen LogP contribution is 2.34. The molecule has 1 aliphatic rings. The van der Waals surface area contributed by atoms with Gasteiger partial charge in [-0.3, -0.25) is 19.2 Å². The highest BCUT2D eigenvalue weighted by Gasteiger charge is 2.35. The normalized spacial score (nSPS) is 17.1. The van der Waals surface area contributed by atoms with Crippen molar-refractivity contribution in [3.05, 3.63) is 52.0 Å². The molecule has 5 atom stereocenters. The topological polar surface area (TPSA) is 115 Å². The molecule has 10 heteroatoms. The average Bonchev–Trinajstić information content (AvgIpc) is 3.52.